The predicted octanol–water partition coefficient (Wildman–Crippen LogP) is 6.59. The normalized spacial score (nSPS) is 16.4. The zero-order valence-electron chi connectivity index (χ0n) is 22.7. The molecule has 1 rings (SSSR count). The van der Waals surface area contributed by atoms with Crippen LogP contribution in [0.5, 0.6) is 0 Å². The standard InChI is InChI=1S/C29H46O5/c1-18(2)9-13-23(30)22-17-27(24(31)14-10-19(3)4)34-29(26(33)16-12-21(7)8)28(22)25(32)15-11-20(5)6/h17-21,29H,9-16H2,1-8H3. The Hall–Kier alpha value is -2.04. The van der Waals surface area contributed by atoms with Crippen LogP contribution in [0.15, 0.2) is 23.0 Å². The van der Waals surface area contributed by atoms with Crippen molar-refractivity contribution in [2.45, 2.75) is 113 Å². The molecule has 5 nitrogen and oxygen atoms in total. The Kier molecular flexibility index (Phi) is 12.7. The number of hydrogen-bond donors (Lipinski definition) is 0. The van der Waals surface area contributed by atoms with E-state index in [0.717, 1.165) is 0 Å². The largest absolute Gasteiger partial charge is 0.474 e. The maximum atomic E-state index is 13.3. The second kappa shape index (κ2) is 14.4. The van der Waals surface area contributed by atoms with Crippen molar-refractivity contribution in [1.29, 1.82) is 0 Å². The van der Waals surface area contributed by atoms with Gasteiger partial charge in [-0.25, -0.2) is 0 Å². The quantitative estimate of drug-likeness (QED) is 0.252. The number of hydrogen-bond acceptors (Lipinski definition) is 5. The summed E-state index contributed by atoms with van der Waals surface area (Å²) in [6.07, 6.45) is 3.97. The first-order valence-corrected chi connectivity index (χ1v) is 13.1. The third kappa shape index (κ3) is 10.1. The Labute approximate surface area is 206 Å². The lowest BCUT2D eigenvalue weighted by Crippen LogP contribution is -2.36. The Bertz CT molecular complexity index is 795. The number of ether oxygens (including phenoxy) is 1. The third-order valence-electron chi connectivity index (χ3n) is 6.06. The average molecular weight is 475 g/mol. The molecule has 0 aliphatic carbocycles. The van der Waals surface area contributed by atoms with Crippen molar-refractivity contribution < 1.29 is 23.9 Å². The molecule has 0 bridgehead atoms. The topological polar surface area (TPSA) is 77.5 Å². The highest BCUT2D eigenvalue weighted by Crippen LogP contribution is 2.31. The fourth-order valence-electron chi connectivity index (χ4n) is 3.68. The smallest absolute Gasteiger partial charge is 0.197 e. The highest BCUT2D eigenvalue weighted by molar-refractivity contribution is 6.14. The first-order chi connectivity index (χ1) is 15.8. The molecular weight excluding hydrogens is 428 g/mol. The second-order valence-corrected chi connectivity index (χ2v) is 11.3. The minimum Gasteiger partial charge on any atom is -0.474 e. The average Bonchev–Trinajstić information content (AvgIpc) is 2.76. The van der Waals surface area contributed by atoms with E-state index < -0.39 is 6.10 Å². The van der Waals surface area contributed by atoms with E-state index in [4.69, 9.17) is 4.74 Å². The summed E-state index contributed by atoms with van der Waals surface area (Å²) < 4.78 is 5.95. The molecule has 0 spiro atoms. The molecule has 0 saturated carbocycles. The maximum absolute atomic E-state index is 13.3. The number of carbonyl (C=O) groups is 4. The Morgan fingerprint density at radius 2 is 1.06 bits per heavy atom. The number of rotatable bonds is 16. The number of allylic oxidation sites excluding steroid dienone is 3. The molecule has 0 saturated heterocycles. The molecule has 0 N–H and O–H groups in total. The molecule has 192 valence electrons. The van der Waals surface area contributed by atoms with Crippen LogP contribution in [-0.4, -0.2) is 29.2 Å². The fourth-order valence-corrected chi connectivity index (χ4v) is 3.68. The van der Waals surface area contributed by atoms with Crippen LogP contribution >= 0.6 is 0 Å². The first-order valence-electron chi connectivity index (χ1n) is 13.1. The van der Waals surface area contributed by atoms with E-state index in [1.807, 2.05) is 55.4 Å². The van der Waals surface area contributed by atoms with Gasteiger partial charge in [-0.15, -0.1) is 0 Å². The van der Waals surface area contributed by atoms with Gasteiger partial charge >= 0.3 is 0 Å². The van der Waals surface area contributed by atoms with E-state index >= 15 is 0 Å². The van der Waals surface area contributed by atoms with Gasteiger partial charge in [-0.05, 0) is 55.4 Å². The van der Waals surface area contributed by atoms with Crippen molar-refractivity contribution in [2.75, 3.05) is 0 Å². The van der Waals surface area contributed by atoms with Gasteiger partial charge in [0.05, 0.1) is 5.57 Å². The Morgan fingerprint density at radius 3 is 1.53 bits per heavy atom. The summed E-state index contributed by atoms with van der Waals surface area (Å²) in [7, 11) is 0. The van der Waals surface area contributed by atoms with Crippen molar-refractivity contribution in [1.82, 2.24) is 0 Å². The summed E-state index contributed by atoms with van der Waals surface area (Å²) in [4.78, 5) is 52.8. The van der Waals surface area contributed by atoms with Crippen LogP contribution in [0.25, 0.3) is 0 Å². The van der Waals surface area contributed by atoms with E-state index in [1.165, 1.54) is 6.08 Å². The van der Waals surface area contributed by atoms with Gasteiger partial charge in [-0.2, -0.15) is 0 Å². The summed E-state index contributed by atoms with van der Waals surface area (Å²) in [6, 6.07) is 0. The van der Waals surface area contributed by atoms with Crippen LogP contribution in [0.1, 0.15) is 107 Å². The zero-order valence-corrected chi connectivity index (χ0v) is 22.7. The van der Waals surface area contributed by atoms with Crippen LogP contribution in [0, 0.1) is 23.7 Å². The molecular formula is C29H46O5. The zero-order chi connectivity index (χ0) is 26.0. The van der Waals surface area contributed by atoms with Crippen LogP contribution < -0.4 is 0 Å². The maximum Gasteiger partial charge on any atom is 0.197 e. The number of Topliss-reactive ketones (excluding diaryl/α,β-unsaturated/α-hetero) is 4. The summed E-state index contributed by atoms with van der Waals surface area (Å²) >= 11 is 0. The third-order valence-corrected chi connectivity index (χ3v) is 6.06. The molecule has 1 heterocycles. The molecule has 1 aliphatic rings. The second-order valence-electron chi connectivity index (χ2n) is 11.3. The monoisotopic (exact) mass is 474 g/mol. The molecule has 0 fully saturated rings. The molecule has 0 aromatic rings. The van der Waals surface area contributed by atoms with E-state index in [9.17, 15) is 19.2 Å². The van der Waals surface area contributed by atoms with Gasteiger partial charge < -0.3 is 4.74 Å². The van der Waals surface area contributed by atoms with Gasteiger partial charge in [-0.3, -0.25) is 19.2 Å². The minimum atomic E-state index is -1.18. The summed E-state index contributed by atoms with van der Waals surface area (Å²) in [5, 5.41) is 0. The summed E-state index contributed by atoms with van der Waals surface area (Å²) in [5.41, 5.74) is 0.361. The Morgan fingerprint density at radius 1 is 0.647 bits per heavy atom. The molecule has 5 heteroatoms. The number of carbonyl (C=O) groups excluding carboxylic acids is 4. The van der Waals surface area contributed by atoms with Gasteiger partial charge in [0.1, 0.15) is 0 Å². The van der Waals surface area contributed by atoms with Gasteiger partial charge in [0.2, 0.25) is 0 Å². The van der Waals surface area contributed by atoms with Crippen molar-refractivity contribution in [3.8, 4) is 0 Å². The number of ketones is 4. The van der Waals surface area contributed by atoms with Gasteiger partial charge in [0, 0.05) is 31.3 Å². The summed E-state index contributed by atoms with van der Waals surface area (Å²) in [5.74, 6) is 0.444. The van der Waals surface area contributed by atoms with Gasteiger partial charge in [0.25, 0.3) is 0 Å². The van der Waals surface area contributed by atoms with E-state index in [0.29, 0.717) is 49.4 Å². The first kappa shape index (κ1) is 30.0. The highest BCUT2D eigenvalue weighted by atomic mass is 16.5. The molecule has 1 aliphatic heterocycles. The van der Waals surface area contributed by atoms with E-state index in [2.05, 4.69) is 0 Å². The van der Waals surface area contributed by atoms with Crippen molar-refractivity contribution in [2.24, 2.45) is 23.7 Å². The molecule has 0 amide bonds. The minimum absolute atomic E-state index is 0.0388. The lowest BCUT2D eigenvalue weighted by Gasteiger charge is -2.28. The molecule has 1 unspecified atom stereocenters. The van der Waals surface area contributed by atoms with Crippen molar-refractivity contribution in [3.63, 3.8) is 0 Å². The van der Waals surface area contributed by atoms with Gasteiger partial charge in [-0.1, -0.05) is 55.4 Å². The van der Waals surface area contributed by atoms with Crippen LogP contribution in [0.3, 0.4) is 0 Å². The lowest BCUT2D eigenvalue weighted by molar-refractivity contribution is -0.132. The van der Waals surface area contributed by atoms with E-state index in [-0.39, 0.29) is 65.7 Å². The van der Waals surface area contributed by atoms with Crippen LogP contribution in [-0.2, 0) is 23.9 Å². The van der Waals surface area contributed by atoms with Gasteiger partial charge in [0.15, 0.2) is 35.0 Å². The fraction of sp³-hybridized carbons (Fsp3) is 0.724. The predicted molar refractivity (Wildman–Crippen MR) is 136 cm³/mol. The molecule has 1 atom stereocenters. The highest BCUT2D eigenvalue weighted by Gasteiger charge is 2.38. The molecule has 0 aromatic heterocycles. The SMILES string of the molecule is CC(C)CCC(=O)C1=CC(C(=O)CCC(C)C)=C(C(=O)CCC(C)C)C(C(=O)CCC(C)C)O1. The molecule has 0 aromatic carbocycles. The van der Waals surface area contributed by atoms with Crippen molar-refractivity contribution in [3.05, 3.63) is 23.0 Å². The van der Waals surface area contributed by atoms with E-state index in [1.54, 1.807) is 0 Å². The summed E-state index contributed by atoms with van der Waals surface area (Å²) in [6.45, 7) is 16.3. The van der Waals surface area contributed by atoms with Crippen LogP contribution in [0.4, 0.5) is 0 Å². The molecule has 0 radical (unpaired) electrons. The lowest BCUT2D eigenvalue weighted by atomic mass is 9.85. The Balaban J connectivity index is 3.49. The van der Waals surface area contributed by atoms with Crippen molar-refractivity contribution >= 4 is 23.1 Å². The van der Waals surface area contributed by atoms with Crippen LogP contribution in [0.2, 0.25) is 0 Å². The molecule has 34 heavy (non-hydrogen) atoms.